The smallest absolute Gasteiger partial charge is 0.508 e. The predicted octanol–water partition coefficient (Wildman–Crippen LogP) is 24.2. The molecular formula is C92H107ClF9IN2O12S3Si2. The van der Waals surface area contributed by atoms with Gasteiger partial charge in [0.1, 0.15) is 27.6 Å². The number of rotatable bonds is 10. The Labute approximate surface area is 736 Å². The number of halogens is 11. The second kappa shape index (κ2) is 46.8. The van der Waals surface area contributed by atoms with Crippen molar-refractivity contribution in [2.45, 2.75) is 194 Å². The molecule has 0 radical (unpaired) electrons. The van der Waals surface area contributed by atoms with Gasteiger partial charge in [-0.2, -0.15) is 64.8 Å². The fourth-order valence-corrected chi connectivity index (χ4v) is 12.6. The first-order valence-corrected chi connectivity index (χ1v) is 50.0. The number of sulfonamides is 2. The Morgan fingerprint density at radius 1 is 0.492 bits per heavy atom. The highest BCUT2D eigenvalue weighted by Crippen LogP contribution is 2.39. The van der Waals surface area contributed by atoms with Gasteiger partial charge < -0.3 is 19.1 Å². The molecule has 0 spiro atoms. The summed E-state index contributed by atoms with van der Waals surface area (Å²) in [7, 11) is -21.8. The number of pyridine rings is 1. The maximum Gasteiger partial charge on any atom is 0.534 e. The Balaban J connectivity index is 0.000000712. The van der Waals surface area contributed by atoms with Gasteiger partial charge in [0.25, 0.3) is 0 Å². The molecule has 14 nitrogen and oxygen atoms in total. The van der Waals surface area contributed by atoms with Crippen molar-refractivity contribution in [1.82, 2.24) is 4.98 Å². The Morgan fingerprint density at radius 2 is 0.861 bits per heavy atom. The zero-order valence-corrected chi connectivity index (χ0v) is 79.7. The molecule has 1 aromatic heterocycles. The number of hydrogen-bond acceptors (Lipinski definition) is 12. The van der Waals surface area contributed by atoms with Crippen LogP contribution in [0.25, 0.3) is 12.2 Å². The van der Waals surface area contributed by atoms with Crippen LogP contribution in [-0.2, 0) is 71.6 Å². The lowest BCUT2D eigenvalue weighted by atomic mass is 9.86. The summed E-state index contributed by atoms with van der Waals surface area (Å²) in [5, 5.41) is 17.5. The highest BCUT2D eigenvalue weighted by atomic mass is 127. The van der Waals surface area contributed by atoms with Crippen LogP contribution in [0.5, 0.6) is 11.5 Å². The first kappa shape index (κ1) is 110. The molecule has 8 rings (SSSR count). The number of hydrogen-bond donors (Lipinski definition) is 2. The van der Waals surface area contributed by atoms with Crippen molar-refractivity contribution in [3.8, 4) is 59.1 Å². The summed E-state index contributed by atoms with van der Waals surface area (Å²) in [6.45, 7) is 47.2. The number of terminal acetylenes is 2. The van der Waals surface area contributed by atoms with Crippen LogP contribution < -0.4 is 7.89 Å². The summed E-state index contributed by atoms with van der Waals surface area (Å²) in [6.07, 6.45) is 16.8. The van der Waals surface area contributed by atoms with E-state index in [9.17, 15) is 79.5 Å². The minimum atomic E-state index is -6.93. The fraction of sp³-hybridized carbons (Fsp3) is 0.337. The number of carbonyl (C=O) groups excluding carboxylic acids is 1. The molecule has 0 atom stereocenters. The molecule has 0 aliphatic rings. The normalized spacial score (nSPS) is 12.0. The van der Waals surface area contributed by atoms with E-state index in [1.807, 2.05) is 106 Å². The maximum absolute atomic E-state index is 12.5. The van der Waals surface area contributed by atoms with Crippen molar-refractivity contribution in [1.29, 1.82) is 0 Å². The zero-order chi connectivity index (χ0) is 94.3. The van der Waals surface area contributed by atoms with E-state index in [0.717, 1.165) is 45.0 Å². The summed E-state index contributed by atoms with van der Waals surface area (Å²) in [6, 6.07) is 54.3. The van der Waals surface area contributed by atoms with Crippen LogP contribution in [0.2, 0.25) is 44.3 Å². The molecule has 8 aromatic rings. The van der Waals surface area contributed by atoms with Crippen LogP contribution >= 0.6 is 34.2 Å². The van der Waals surface area contributed by atoms with Gasteiger partial charge in [0.2, 0.25) is 0 Å². The van der Waals surface area contributed by atoms with Crippen molar-refractivity contribution in [3.63, 3.8) is 0 Å². The van der Waals surface area contributed by atoms with E-state index in [2.05, 4.69) is 237 Å². The SMILES string of the molecule is C#C[Si](C)(C)C.C#Cc1cccc(C(C)(C)C)c1.CC(C)(C)c1cccc(C#C[Si](C)(C)C)c1.CC(C)(C)c1cccc(C#Cc2ccc(/C=C/C(=O)O)cc2)c1.CC(C)(C)c1cccc(O)c1.CC(C)(C)c1cccc(OS(=O)(=O)C(F)(F)F)c1.CCOC(=O)/C=C\c1ccc(I)cc1.O=S(=O)(N(c1ccc(Cl)cn1)S(=O)(=O)C(F)(F)F)C(F)(F)F. The quantitative estimate of drug-likeness (QED) is 0.0191. The first-order valence-electron chi connectivity index (χ1n) is 37.3. The van der Waals surface area contributed by atoms with E-state index in [4.69, 9.17) is 34.3 Å². The van der Waals surface area contributed by atoms with Gasteiger partial charge in [0.05, 0.1) is 11.6 Å². The largest absolute Gasteiger partial charge is 0.534 e. The molecule has 30 heteroatoms. The molecule has 0 amide bonds. The van der Waals surface area contributed by atoms with Crippen molar-refractivity contribution in [2.75, 3.05) is 10.3 Å². The molecule has 0 saturated heterocycles. The zero-order valence-electron chi connectivity index (χ0n) is 72.3. The Kier molecular flexibility index (Phi) is 42.3. The third kappa shape index (κ3) is 42.0. The van der Waals surface area contributed by atoms with Gasteiger partial charge in [0, 0.05) is 44.2 Å². The van der Waals surface area contributed by atoms with Crippen molar-refractivity contribution < 1.29 is 93.5 Å². The molecule has 0 bridgehead atoms. The number of carbonyl (C=O) groups is 2. The van der Waals surface area contributed by atoms with Crippen LogP contribution in [0.1, 0.15) is 172 Å². The molecule has 7 aromatic carbocycles. The highest BCUT2D eigenvalue weighted by Gasteiger charge is 2.62. The lowest BCUT2D eigenvalue weighted by Gasteiger charge is -2.24. The number of aromatic hydroxyl groups is 1. The second-order valence-corrected chi connectivity index (χ2v) is 50.3. The number of benzene rings is 7. The van der Waals surface area contributed by atoms with Crippen LogP contribution in [0.4, 0.5) is 45.3 Å². The Bertz CT molecular complexity index is 5360. The molecular weight excluding hydrogens is 1810 g/mol. The fourth-order valence-electron chi connectivity index (χ4n) is 8.58. The van der Waals surface area contributed by atoms with E-state index in [1.165, 1.54) is 44.5 Å². The standard InChI is InChI=1S/C21H20O2.C15H22Si.C12H14.C11H13F3O3S.C11H11IO2.C10H14O.C7H3ClF6N2O4S2.C5H10Si/c1-21(2,3)19-6-4-5-18(15-19)12-11-16-7-9-17(10-8-16)13-14-20(22)23;1-15(2,3)14-9-7-8-13(12-14)10-11-16(4,5)6;1-5-10-7-6-8-11(9-10)12(2,3)4;1-10(2,3)8-5-4-6-9(7-8)17-18(15,16)11(12,13)14;1-2-14-11(13)8-5-9-3-6-10(12)7-4-9;1-10(2,3)8-5-4-6-9(11)7-8;8-4-1-2-5(15-3-4)16(21(17,18)6(9,10)11)22(19,20)7(12,13)14;1-5-6(2,3)4/h4-10,13-15H,1-3H3,(H,22,23);7-9,12H,1-6H3;1,6-9H,2-4H3;4-7H,1-3H3;3-8H,2H2,1H3;4-7,11H,1-3H3;1-3H;1H,2-4H3/b14-13+;;;;8-5-;;;. The lowest BCUT2D eigenvalue weighted by molar-refractivity contribution is -0.137. The molecule has 122 heavy (non-hydrogen) atoms. The summed E-state index contributed by atoms with van der Waals surface area (Å²) in [4.78, 5) is 24.3. The summed E-state index contributed by atoms with van der Waals surface area (Å²) < 4.78 is 186. The molecule has 0 unspecified atom stereocenters. The Hall–Kier alpha value is -9.58. The van der Waals surface area contributed by atoms with E-state index >= 15 is 0 Å². The van der Waals surface area contributed by atoms with Crippen LogP contribution in [-0.4, -0.2) is 91.7 Å². The number of phenols is 1. The number of anilines is 1. The highest BCUT2D eigenvalue weighted by molar-refractivity contribution is 14.1. The molecule has 2 N–H and O–H groups in total. The topological polar surface area (TPSA) is 212 Å². The number of aliphatic carboxylic acids is 1. The monoisotopic (exact) mass is 1920 g/mol. The minimum Gasteiger partial charge on any atom is -0.508 e. The number of alkyl halides is 9. The number of ether oxygens (including phenoxy) is 1. The van der Waals surface area contributed by atoms with Gasteiger partial charge in [-0.1, -0.05) is 263 Å². The number of esters is 1. The van der Waals surface area contributed by atoms with E-state index in [0.29, 0.717) is 30.2 Å². The van der Waals surface area contributed by atoms with Crippen molar-refractivity contribution in [2.24, 2.45) is 0 Å². The molecule has 0 fully saturated rings. The summed E-state index contributed by atoms with van der Waals surface area (Å²) in [5.41, 5.74) is -0.00458. The number of aromatic nitrogens is 1. The minimum absolute atomic E-state index is 0.107. The van der Waals surface area contributed by atoms with E-state index in [-0.39, 0.29) is 49.9 Å². The second-order valence-electron chi connectivity index (χ2n) is 33.7. The molecule has 0 saturated carbocycles. The van der Waals surface area contributed by atoms with Gasteiger partial charge in [0.15, 0.2) is 5.82 Å². The van der Waals surface area contributed by atoms with Crippen molar-refractivity contribution in [3.05, 3.63) is 270 Å². The molecule has 0 aliphatic heterocycles. The average molecular weight is 1920 g/mol. The van der Waals surface area contributed by atoms with E-state index in [1.54, 1.807) is 37.3 Å². The first-order chi connectivity index (χ1) is 55.4. The maximum atomic E-state index is 12.5. The molecule has 1 heterocycles. The number of carboxylic acids is 1. The summed E-state index contributed by atoms with van der Waals surface area (Å²) >= 11 is 7.54. The number of nitrogens with zero attached hydrogens (tertiary/aromatic N) is 2. The van der Waals surface area contributed by atoms with Gasteiger partial charge in [-0.05, 0) is 205 Å². The van der Waals surface area contributed by atoms with Gasteiger partial charge >= 0.3 is 58.6 Å². The third-order valence-corrected chi connectivity index (χ3v) is 22.7. The predicted molar refractivity (Wildman–Crippen MR) is 489 cm³/mol. The van der Waals surface area contributed by atoms with Crippen LogP contribution in [0.15, 0.2) is 200 Å². The third-order valence-electron chi connectivity index (χ3n) is 15.4. The number of carboxylic acid groups (broad SMARTS) is 1. The van der Waals surface area contributed by atoms with Crippen LogP contribution in [0, 0.1) is 51.2 Å². The lowest BCUT2D eigenvalue weighted by Crippen LogP contribution is -2.49. The van der Waals surface area contributed by atoms with Crippen molar-refractivity contribution >= 4 is 110 Å². The van der Waals surface area contributed by atoms with Crippen LogP contribution in [0.3, 0.4) is 0 Å². The summed E-state index contributed by atoms with van der Waals surface area (Å²) in [5.74, 6) is 9.38. The van der Waals surface area contributed by atoms with Gasteiger partial charge in [-0.25, -0.2) is 14.6 Å². The van der Waals surface area contributed by atoms with Gasteiger partial charge in [-0.3, -0.25) is 0 Å². The molecule has 0 aliphatic carbocycles. The van der Waals surface area contributed by atoms with Gasteiger partial charge in [-0.15, -0.1) is 27.6 Å². The molecule has 660 valence electrons. The Morgan fingerprint density at radius 3 is 1.21 bits per heavy atom. The average Bonchev–Trinajstić information content (AvgIpc) is 0.738. The van der Waals surface area contributed by atoms with E-state index < -0.39 is 78.3 Å². The number of phenolic OH excluding ortho intramolecular Hbond substituents is 1.